The molecule has 0 aromatic rings. The van der Waals surface area contributed by atoms with Crippen molar-refractivity contribution in [3.8, 4) is 0 Å². The minimum absolute atomic E-state index is 0.101. The summed E-state index contributed by atoms with van der Waals surface area (Å²) in [6.07, 6.45) is 1.81. The number of ketones is 1. The lowest BCUT2D eigenvalue weighted by Gasteiger charge is -2.51. The van der Waals surface area contributed by atoms with Gasteiger partial charge in [0.05, 0.1) is 12.7 Å². The zero-order valence-corrected chi connectivity index (χ0v) is 7.08. The number of hydrogen-bond acceptors (Lipinski definition) is 3. The second-order valence-electron chi connectivity index (χ2n) is 4.29. The van der Waals surface area contributed by atoms with Crippen molar-refractivity contribution >= 4 is 5.78 Å². The number of carbonyl (C=O) groups is 1. The second kappa shape index (κ2) is 1.91. The SMILES string of the molecule is CC12CCC1C(=O)C1OCC2O1. The molecule has 2 bridgehead atoms. The van der Waals surface area contributed by atoms with E-state index in [1.54, 1.807) is 0 Å². The predicted molar refractivity (Wildman–Crippen MR) is 40.5 cm³/mol. The maximum Gasteiger partial charge on any atom is 0.218 e. The number of Topliss-reactive ketones (excluding diaryl/α,β-unsaturated/α-hetero) is 1. The lowest BCUT2D eigenvalue weighted by Crippen LogP contribution is -2.56. The molecule has 1 aliphatic carbocycles. The fraction of sp³-hybridized carbons (Fsp3) is 0.889. The Labute approximate surface area is 71.0 Å². The zero-order chi connectivity index (χ0) is 8.34. The summed E-state index contributed by atoms with van der Waals surface area (Å²) >= 11 is 0. The molecule has 66 valence electrons. The van der Waals surface area contributed by atoms with Gasteiger partial charge in [-0.25, -0.2) is 0 Å². The lowest BCUT2D eigenvalue weighted by atomic mass is 9.56. The third-order valence-corrected chi connectivity index (χ3v) is 3.77. The van der Waals surface area contributed by atoms with E-state index in [2.05, 4.69) is 6.92 Å². The van der Waals surface area contributed by atoms with Crippen LogP contribution in [0.25, 0.3) is 0 Å². The van der Waals surface area contributed by atoms with Crippen molar-refractivity contribution in [2.24, 2.45) is 11.3 Å². The van der Waals surface area contributed by atoms with Crippen LogP contribution in [0.1, 0.15) is 19.8 Å². The van der Waals surface area contributed by atoms with Crippen molar-refractivity contribution in [2.45, 2.75) is 32.2 Å². The Morgan fingerprint density at radius 3 is 3.08 bits per heavy atom. The Kier molecular flexibility index (Phi) is 1.12. The summed E-state index contributed by atoms with van der Waals surface area (Å²) in [5.74, 6) is 0.404. The summed E-state index contributed by atoms with van der Waals surface area (Å²) < 4.78 is 10.7. The highest BCUT2D eigenvalue weighted by Crippen LogP contribution is 2.55. The maximum atomic E-state index is 11.6. The average Bonchev–Trinajstić information content (AvgIpc) is 2.45. The molecule has 2 saturated heterocycles. The first-order valence-electron chi connectivity index (χ1n) is 4.52. The normalized spacial score (nSPS) is 56.4. The molecule has 0 radical (unpaired) electrons. The van der Waals surface area contributed by atoms with Crippen LogP contribution in [0.2, 0.25) is 0 Å². The summed E-state index contributed by atoms with van der Waals surface area (Å²) in [6.45, 7) is 2.76. The Morgan fingerprint density at radius 1 is 1.58 bits per heavy atom. The van der Waals surface area contributed by atoms with Crippen molar-refractivity contribution < 1.29 is 14.3 Å². The first-order valence-corrected chi connectivity index (χ1v) is 4.52. The molecule has 12 heavy (non-hydrogen) atoms. The predicted octanol–water partition coefficient (Wildman–Crippen LogP) is 0.727. The van der Waals surface area contributed by atoms with E-state index < -0.39 is 6.29 Å². The third-order valence-electron chi connectivity index (χ3n) is 3.77. The summed E-state index contributed by atoms with van der Waals surface area (Å²) in [5.41, 5.74) is 0.101. The van der Waals surface area contributed by atoms with Crippen molar-refractivity contribution in [3.05, 3.63) is 0 Å². The molecule has 0 N–H and O–H groups in total. The molecule has 0 spiro atoms. The van der Waals surface area contributed by atoms with E-state index in [-0.39, 0.29) is 23.2 Å². The largest absolute Gasteiger partial charge is 0.343 e. The van der Waals surface area contributed by atoms with Crippen molar-refractivity contribution in [1.29, 1.82) is 0 Å². The minimum Gasteiger partial charge on any atom is -0.343 e. The molecule has 2 heterocycles. The summed E-state index contributed by atoms with van der Waals surface area (Å²) in [5, 5.41) is 0. The Balaban J connectivity index is 2.01. The molecule has 4 atom stereocenters. The Bertz CT molecular complexity index is 250. The van der Waals surface area contributed by atoms with E-state index in [4.69, 9.17) is 9.47 Å². The van der Waals surface area contributed by atoms with Crippen LogP contribution >= 0.6 is 0 Å². The van der Waals surface area contributed by atoms with E-state index >= 15 is 0 Å². The Hall–Kier alpha value is -0.410. The van der Waals surface area contributed by atoms with Crippen LogP contribution in [0, 0.1) is 11.3 Å². The van der Waals surface area contributed by atoms with Gasteiger partial charge in [-0.1, -0.05) is 6.92 Å². The van der Waals surface area contributed by atoms with Gasteiger partial charge in [0.25, 0.3) is 0 Å². The molecular weight excluding hydrogens is 156 g/mol. The van der Waals surface area contributed by atoms with Gasteiger partial charge in [-0.3, -0.25) is 4.79 Å². The molecule has 2 aliphatic heterocycles. The van der Waals surface area contributed by atoms with Gasteiger partial charge in [0, 0.05) is 11.3 Å². The third kappa shape index (κ3) is 0.591. The van der Waals surface area contributed by atoms with E-state index in [0.717, 1.165) is 12.8 Å². The monoisotopic (exact) mass is 168 g/mol. The van der Waals surface area contributed by atoms with E-state index in [1.165, 1.54) is 0 Å². The fourth-order valence-electron chi connectivity index (χ4n) is 2.66. The molecule has 1 saturated carbocycles. The fourth-order valence-corrected chi connectivity index (χ4v) is 2.66. The first-order chi connectivity index (χ1) is 5.72. The van der Waals surface area contributed by atoms with E-state index in [9.17, 15) is 4.79 Å². The highest BCUT2D eigenvalue weighted by molar-refractivity contribution is 5.87. The highest BCUT2D eigenvalue weighted by Gasteiger charge is 2.61. The molecule has 0 aromatic carbocycles. The van der Waals surface area contributed by atoms with Gasteiger partial charge >= 0.3 is 0 Å². The van der Waals surface area contributed by atoms with Gasteiger partial charge in [0.2, 0.25) is 6.29 Å². The van der Waals surface area contributed by atoms with Gasteiger partial charge in [-0.15, -0.1) is 0 Å². The van der Waals surface area contributed by atoms with Crippen LogP contribution in [0.4, 0.5) is 0 Å². The summed E-state index contributed by atoms with van der Waals surface area (Å²) in [7, 11) is 0. The van der Waals surface area contributed by atoms with E-state index in [1.807, 2.05) is 0 Å². The van der Waals surface area contributed by atoms with Crippen molar-refractivity contribution in [3.63, 3.8) is 0 Å². The van der Waals surface area contributed by atoms with Gasteiger partial charge < -0.3 is 9.47 Å². The first kappa shape index (κ1) is 7.04. The van der Waals surface area contributed by atoms with Crippen LogP contribution in [-0.4, -0.2) is 24.8 Å². The number of ether oxygens (including phenoxy) is 2. The molecule has 4 unspecified atom stereocenters. The van der Waals surface area contributed by atoms with Crippen LogP contribution in [0.15, 0.2) is 0 Å². The standard InChI is InChI=1S/C9H12O3/c1-9-3-2-5(9)7(10)8-11-4-6(9)12-8/h5-6,8H,2-4H2,1H3. The molecule has 3 nitrogen and oxygen atoms in total. The molecule has 3 rings (SSSR count). The average molecular weight is 168 g/mol. The highest BCUT2D eigenvalue weighted by atomic mass is 16.7. The topological polar surface area (TPSA) is 35.5 Å². The molecule has 3 aliphatic rings. The van der Waals surface area contributed by atoms with Crippen molar-refractivity contribution in [2.75, 3.05) is 6.61 Å². The maximum absolute atomic E-state index is 11.6. The number of hydrogen-bond donors (Lipinski definition) is 0. The van der Waals surface area contributed by atoms with Gasteiger partial charge in [0.15, 0.2) is 5.78 Å². The van der Waals surface area contributed by atoms with Crippen LogP contribution in [-0.2, 0) is 14.3 Å². The summed E-state index contributed by atoms with van der Waals surface area (Å²) in [4.78, 5) is 11.6. The van der Waals surface area contributed by atoms with Crippen LogP contribution in [0.5, 0.6) is 0 Å². The summed E-state index contributed by atoms with van der Waals surface area (Å²) in [6, 6.07) is 0. The molecule has 3 heteroatoms. The molecule has 3 fully saturated rings. The minimum atomic E-state index is -0.520. The number of carbonyl (C=O) groups excluding carboxylic acids is 1. The molecule has 0 aromatic heterocycles. The van der Waals surface area contributed by atoms with Gasteiger partial charge in [0.1, 0.15) is 0 Å². The number of fused-ring (bicyclic) bond motifs is 4. The quantitative estimate of drug-likeness (QED) is 0.535. The van der Waals surface area contributed by atoms with Gasteiger partial charge in [-0.2, -0.15) is 0 Å². The number of rotatable bonds is 0. The van der Waals surface area contributed by atoms with Crippen molar-refractivity contribution in [1.82, 2.24) is 0 Å². The second-order valence-corrected chi connectivity index (χ2v) is 4.29. The van der Waals surface area contributed by atoms with E-state index in [0.29, 0.717) is 6.61 Å². The smallest absolute Gasteiger partial charge is 0.218 e. The molecular formula is C9H12O3. The van der Waals surface area contributed by atoms with Crippen LogP contribution in [0.3, 0.4) is 0 Å². The lowest BCUT2D eigenvalue weighted by molar-refractivity contribution is -0.192. The molecule has 0 amide bonds. The Morgan fingerprint density at radius 2 is 2.42 bits per heavy atom. The van der Waals surface area contributed by atoms with Crippen LogP contribution < -0.4 is 0 Å². The van der Waals surface area contributed by atoms with Gasteiger partial charge in [-0.05, 0) is 12.8 Å². The zero-order valence-electron chi connectivity index (χ0n) is 7.08.